The van der Waals surface area contributed by atoms with Gasteiger partial charge in [0.15, 0.2) is 0 Å². The van der Waals surface area contributed by atoms with Crippen molar-refractivity contribution in [3.05, 3.63) is 0 Å². The van der Waals surface area contributed by atoms with Gasteiger partial charge in [-0.2, -0.15) is 29.3 Å². The van der Waals surface area contributed by atoms with Gasteiger partial charge in [-0.1, -0.05) is 80.1 Å². The van der Waals surface area contributed by atoms with Gasteiger partial charge in [-0.15, -0.1) is 0 Å². The van der Waals surface area contributed by atoms with Gasteiger partial charge in [-0.3, -0.25) is 0 Å². The Kier molecular flexibility index (Phi) is 16.1. The molecule has 0 bridgehead atoms. The normalized spacial score (nSPS) is 20.2. The van der Waals surface area contributed by atoms with Crippen LogP contribution in [0.2, 0.25) is 0 Å². The van der Waals surface area contributed by atoms with Crippen LogP contribution in [0.5, 0.6) is 0 Å². The van der Waals surface area contributed by atoms with Gasteiger partial charge >= 0.3 is 0 Å². The Balaban J connectivity index is 3.37. The second kappa shape index (κ2) is 17.2. The van der Waals surface area contributed by atoms with E-state index in [-0.39, 0.29) is 0 Å². The molecule has 198 valence electrons. The fourth-order valence-electron chi connectivity index (χ4n) is 4.05. The summed E-state index contributed by atoms with van der Waals surface area (Å²) < 4.78 is 0. The van der Waals surface area contributed by atoms with Crippen molar-refractivity contribution in [2.45, 2.75) is 174 Å². The van der Waals surface area contributed by atoms with Gasteiger partial charge in [0.05, 0.1) is 0 Å². The smallest absolute Gasteiger partial charge is 0.195 e. The largest absolute Gasteiger partial charge is 0.234 e. The number of rotatable bonds is 18. The van der Waals surface area contributed by atoms with Crippen molar-refractivity contribution in [1.29, 1.82) is 0 Å². The van der Waals surface area contributed by atoms with Gasteiger partial charge in [-0.25, -0.2) is 0 Å². The standard InChI is InChI=1S/C27H54O6/c1-7-13-19-25(20-14-8-2)28-30-26(21-15-9-3,22-16-10-4)32-33-27(31-29-25,23-17-11-5)24-18-12-6/h7-24H2,1-6H3. The Morgan fingerprint density at radius 2 is 0.455 bits per heavy atom. The van der Waals surface area contributed by atoms with Crippen LogP contribution in [0.25, 0.3) is 0 Å². The molecule has 1 heterocycles. The SMILES string of the molecule is CCCCC1(CCCC)OOC(CCCC)(CCCC)OOC(CCCC)(CCCC)OO1. The van der Waals surface area contributed by atoms with Gasteiger partial charge in [-0.05, 0) is 38.5 Å². The van der Waals surface area contributed by atoms with Crippen LogP contribution in [0.3, 0.4) is 0 Å². The summed E-state index contributed by atoms with van der Waals surface area (Å²) in [5.74, 6) is -2.89. The molecule has 0 radical (unpaired) electrons. The van der Waals surface area contributed by atoms with Crippen molar-refractivity contribution in [2.24, 2.45) is 0 Å². The summed E-state index contributed by atoms with van der Waals surface area (Å²) in [6, 6.07) is 0. The average molecular weight is 475 g/mol. The molecule has 0 N–H and O–H groups in total. The fraction of sp³-hybridized carbons (Fsp3) is 1.00. The molecular formula is C27H54O6. The lowest BCUT2D eigenvalue weighted by atomic mass is 10.0. The summed E-state index contributed by atoms with van der Waals surface area (Å²) in [6.45, 7) is 13.1. The van der Waals surface area contributed by atoms with Gasteiger partial charge in [0.25, 0.3) is 0 Å². The fourth-order valence-corrected chi connectivity index (χ4v) is 4.05. The lowest BCUT2D eigenvalue weighted by Gasteiger charge is -2.35. The third kappa shape index (κ3) is 10.9. The molecule has 0 spiro atoms. The minimum Gasteiger partial charge on any atom is -0.195 e. The van der Waals surface area contributed by atoms with Crippen LogP contribution in [-0.2, 0) is 29.3 Å². The van der Waals surface area contributed by atoms with E-state index in [4.69, 9.17) is 29.3 Å². The van der Waals surface area contributed by atoms with Crippen LogP contribution >= 0.6 is 0 Å². The zero-order valence-electron chi connectivity index (χ0n) is 22.7. The molecule has 0 saturated carbocycles. The van der Waals surface area contributed by atoms with E-state index in [1.54, 1.807) is 0 Å². The number of unbranched alkanes of at least 4 members (excludes halogenated alkanes) is 6. The minimum absolute atomic E-state index is 0.707. The van der Waals surface area contributed by atoms with Crippen LogP contribution < -0.4 is 0 Å². The first-order valence-electron chi connectivity index (χ1n) is 14.1. The third-order valence-electron chi connectivity index (χ3n) is 6.50. The van der Waals surface area contributed by atoms with E-state index >= 15 is 0 Å². The van der Waals surface area contributed by atoms with Crippen molar-refractivity contribution in [3.8, 4) is 0 Å². The Labute approximate surface area is 204 Å². The summed E-state index contributed by atoms with van der Waals surface area (Å²) in [6.07, 6.45) is 16.3. The van der Waals surface area contributed by atoms with E-state index < -0.39 is 17.4 Å². The monoisotopic (exact) mass is 474 g/mol. The van der Waals surface area contributed by atoms with E-state index in [1.165, 1.54) is 0 Å². The molecule has 0 aliphatic carbocycles. The Morgan fingerprint density at radius 3 is 0.576 bits per heavy atom. The van der Waals surface area contributed by atoms with Crippen LogP contribution in [0.1, 0.15) is 157 Å². The summed E-state index contributed by atoms with van der Waals surface area (Å²) in [4.78, 5) is 37.3. The van der Waals surface area contributed by atoms with Crippen LogP contribution in [0.4, 0.5) is 0 Å². The predicted octanol–water partition coefficient (Wildman–Crippen LogP) is 9.07. The molecule has 1 rings (SSSR count). The third-order valence-corrected chi connectivity index (χ3v) is 6.50. The highest BCUT2D eigenvalue weighted by molar-refractivity contribution is 4.74. The first-order valence-corrected chi connectivity index (χ1v) is 14.1. The molecular weight excluding hydrogens is 420 g/mol. The maximum Gasteiger partial charge on any atom is 0.234 e. The molecule has 0 amide bonds. The average Bonchev–Trinajstić information content (AvgIpc) is 2.90. The second-order valence-corrected chi connectivity index (χ2v) is 9.85. The quantitative estimate of drug-likeness (QED) is 0.185. The lowest BCUT2D eigenvalue weighted by Crippen LogP contribution is -2.42. The molecule has 0 unspecified atom stereocenters. The summed E-state index contributed by atoms with van der Waals surface area (Å²) in [7, 11) is 0. The van der Waals surface area contributed by atoms with Gasteiger partial charge in [0, 0.05) is 38.5 Å². The molecule has 33 heavy (non-hydrogen) atoms. The maximum atomic E-state index is 6.21. The first kappa shape index (κ1) is 30.8. The van der Waals surface area contributed by atoms with Gasteiger partial charge < -0.3 is 0 Å². The maximum absolute atomic E-state index is 6.21. The highest BCUT2D eigenvalue weighted by atomic mass is 17.4. The number of hydrogen-bond acceptors (Lipinski definition) is 6. The molecule has 1 fully saturated rings. The molecule has 0 aromatic carbocycles. The summed E-state index contributed by atoms with van der Waals surface area (Å²) in [5, 5.41) is 0. The molecule has 0 aromatic heterocycles. The second-order valence-electron chi connectivity index (χ2n) is 9.85. The molecule has 0 aromatic rings. The van der Waals surface area contributed by atoms with Crippen molar-refractivity contribution >= 4 is 0 Å². The zero-order valence-corrected chi connectivity index (χ0v) is 22.7. The Bertz CT molecular complexity index is 361. The van der Waals surface area contributed by atoms with Crippen molar-refractivity contribution in [3.63, 3.8) is 0 Å². The van der Waals surface area contributed by atoms with Crippen molar-refractivity contribution in [1.82, 2.24) is 0 Å². The first-order chi connectivity index (χ1) is 16.0. The van der Waals surface area contributed by atoms with Crippen LogP contribution in [0.15, 0.2) is 0 Å². The van der Waals surface area contributed by atoms with E-state index in [9.17, 15) is 0 Å². The Hall–Kier alpha value is -0.240. The molecule has 6 heteroatoms. The summed E-state index contributed by atoms with van der Waals surface area (Å²) in [5.41, 5.74) is 0. The highest BCUT2D eigenvalue weighted by Gasteiger charge is 2.48. The lowest BCUT2D eigenvalue weighted by molar-refractivity contribution is -0.552. The van der Waals surface area contributed by atoms with E-state index in [1.807, 2.05) is 0 Å². The van der Waals surface area contributed by atoms with Crippen molar-refractivity contribution < 1.29 is 29.3 Å². The van der Waals surface area contributed by atoms with Crippen molar-refractivity contribution in [2.75, 3.05) is 0 Å². The molecule has 1 saturated heterocycles. The van der Waals surface area contributed by atoms with Crippen LogP contribution in [0, 0.1) is 0 Å². The molecule has 0 atom stereocenters. The minimum atomic E-state index is -0.962. The van der Waals surface area contributed by atoms with Gasteiger partial charge in [0.2, 0.25) is 17.4 Å². The van der Waals surface area contributed by atoms with E-state index in [2.05, 4.69) is 41.5 Å². The molecule has 1 aliphatic rings. The van der Waals surface area contributed by atoms with Crippen LogP contribution in [-0.4, -0.2) is 17.4 Å². The topological polar surface area (TPSA) is 55.4 Å². The zero-order chi connectivity index (χ0) is 24.5. The van der Waals surface area contributed by atoms with E-state index in [0.29, 0.717) is 38.5 Å². The van der Waals surface area contributed by atoms with Gasteiger partial charge in [0.1, 0.15) is 0 Å². The highest BCUT2D eigenvalue weighted by Crippen LogP contribution is 2.41. The predicted molar refractivity (Wildman–Crippen MR) is 132 cm³/mol. The van der Waals surface area contributed by atoms with E-state index in [0.717, 1.165) is 77.0 Å². The summed E-state index contributed by atoms with van der Waals surface area (Å²) >= 11 is 0. The Morgan fingerprint density at radius 1 is 0.303 bits per heavy atom. The molecule has 1 aliphatic heterocycles. The number of hydrogen-bond donors (Lipinski definition) is 0. The molecule has 6 nitrogen and oxygen atoms in total.